The number of nitrogens with two attached hydrogens (primary N) is 1. The second-order valence-electron chi connectivity index (χ2n) is 3.34. The molecule has 0 saturated carbocycles. The number of rotatable bonds is 4. The lowest BCUT2D eigenvalue weighted by molar-refractivity contribution is 0.624. The third kappa shape index (κ3) is 2.84. The van der Waals surface area contributed by atoms with Gasteiger partial charge in [0.25, 0.3) is 0 Å². The minimum atomic E-state index is -0.217. The van der Waals surface area contributed by atoms with E-state index >= 15 is 0 Å². The van der Waals surface area contributed by atoms with Crippen molar-refractivity contribution in [3.8, 4) is 0 Å². The fraction of sp³-hybridized carbons (Fsp3) is 0.167. The molecule has 0 saturated heterocycles. The van der Waals surface area contributed by atoms with Gasteiger partial charge >= 0.3 is 0 Å². The molecule has 16 heavy (non-hydrogen) atoms. The van der Waals surface area contributed by atoms with Crippen LogP contribution < -0.4 is 5.73 Å². The zero-order valence-corrected chi connectivity index (χ0v) is 10.3. The van der Waals surface area contributed by atoms with Gasteiger partial charge in [-0.2, -0.15) is 0 Å². The molecule has 0 spiro atoms. The summed E-state index contributed by atoms with van der Waals surface area (Å²) in [7, 11) is 0. The Morgan fingerprint density at radius 2 is 2.12 bits per heavy atom. The quantitative estimate of drug-likeness (QED) is 0.842. The van der Waals surface area contributed by atoms with Crippen LogP contribution in [0.3, 0.4) is 0 Å². The highest BCUT2D eigenvalue weighted by Crippen LogP contribution is 2.28. The molecule has 1 heterocycles. The maximum absolute atomic E-state index is 13.0. The average Bonchev–Trinajstić information content (AvgIpc) is 2.80. The van der Waals surface area contributed by atoms with Crippen LogP contribution in [0.4, 0.5) is 4.39 Å². The molecule has 0 bridgehead atoms. The van der Waals surface area contributed by atoms with Crippen LogP contribution in [0.5, 0.6) is 0 Å². The summed E-state index contributed by atoms with van der Waals surface area (Å²) in [5, 5.41) is 2.05. The summed E-state index contributed by atoms with van der Waals surface area (Å²) in [6, 6.07) is 8.94. The van der Waals surface area contributed by atoms with E-state index in [0.29, 0.717) is 6.54 Å². The van der Waals surface area contributed by atoms with E-state index in [2.05, 4.69) is 11.4 Å². The summed E-state index contributed by atoms with van der Waals surface area (Å²) < 4.78 is 14.3. The van der Waals surface area contributed by atoms with Crippen LogP contribution in [-0.2, 0) is 12.3 Å². The molecular weight excluding hydrogens is 241 g/mol. The van der Waals surface area contributed by atoms with Crippen LogP contribution in [0.25, 0.3) is 0 Å². The molecule has 2 rings (SSSR count). The molecule has 0 aliphatic carbocycles. The van der Waals surface area contributed by atoms with Gasteiger partial charge in [-0.15, -0.1) is 23.1 Å². The molecule has 1 aromatic heterocycles. The Hall–Kier alpha value is -0.840. The molecule has 0 aliphatic heterocycles. The van der Waals surface area contributed by atoms with Crippen LogP contribution in [0.15, 0.2) is 39.9 Å². The second kappa shape index (κ2) is 5.48. The van der Waals surface area contributed by atoms with Gasteiger partial charge in [-0.25, -0.2) is 4.39 Å². The number of benzene rings is 1. The first kappa shape index (κ1) is 11.6. The highest BCUT2D eigenvalue weighted by atomic mass is 32.2. The molecule has 2 aromatic rings. The summed E-state index contributed by atoms with van der Waals surface area (Å²) in [4.78, 5) is 0. The zero-order chi connectivity index (χ0) is 11.4. The highest BCUT2D eigenvalue weighted by molar-refractivity contribution is 8.00. The molecule has 1 aromatic carbocycles. The monoisotopic (exact) mass is 253 g/mol. The largest absolute Gasteiger partial charge is 0.326 e. The molecule has 0 radical (unpaired) electrons. The van der Waals surface area contributed by atoms with Crippen molar-refractivity contribution in [3.63, 3.8) is 0 Å². The van der Waals surface area contributed by atoms with E-state index in [4.69, 9.17) is 5.73 Å². The number of thiophene rings is 1. The van der Waals surface area contributed by atoms with Crippen molar-refractivity contribution in [2.45, 2.75) is 16.5 Å². The molecule has 0 atom stereocenters. The first-order chi connectivity index (χ1) is 7.79. The third-order valence-electron chi connectivity index (χ3n) is 2.25. The smallest absolute Gasteiger partial charge is 0.123 e. The maximum Gasteiger partial charge on any atom is 0.123 e. The Bertz CT molecular complexity index is 454. The van der Waals surface area contributed by atoms with Crippen LogP contribution in [-0.4, -0.2) is 0 Å². The third-order valence-corrected chi connectivity index (χ3v) is 4.43. The minimum absolute atomic E-state index is 0.217. The van der Waals surface area contributed by atoms with Gasteiger partial charge in [-0.05, 0) is 34.7 Å². The molecule has 2 N–H and O–H groups in total. The predicted octanol–water partition coefficient (Wildman–Crippen LogP) is 3.64. The van der Waals surface area contributed by atoms with Crippen molar-refractivity contribution in [1.29, 1.82) is 0 Å². The van der Waals surface area contributed by atoms with Crippen molar-refractivity contribution < 1.29 is 4.39 Å². The predicted molar refractivity (Wildman–Crippen MR) is 68.2 cm³/mol. The van der Waals surface area contributed by atoms with Crippen molar-refractivity contribution in [2.24, 2.45) is 5.73 Å². The van der Waals surface area contributed by atoms with Gasteiger partial charge < -0.3 is 5.73 Å². The average molecular weight is 253 g/mol. The molecule has 1 nitrogen and oxygen atoms in total. The highest BCUT2D eigenvalue weighted by Gasteiger charge is 2.04. The Morgan fingerprint density at radius 3 is 2.81 bits per heavy atom. The van der Waals surface area contributed by atoms with Gasteiger partial charge in [-0.3, -0.25) is 0 Å². The van der Waals surface area contributed by atoms with Gasteiger partial charge in [0, 0.05) is 12.3 Å². The second-order valence-corrected chi connectivity index (χ2v) is 5.56. The Labute approximate surface area is 102 Å². The van der Waals surface area contributed by atoms with Crippen molar-refractivity contribution >= 4 is 23.1 Å². The van der Waals surface area contributed by atoms with Gasteiger partial charge in [0.2, 0.25) is 0 Å². The summed E-state index contributed by atoms with van der Waals surface area (Å²) in [5.41, 5.74) is 7.60. The molecular formula is C12H12FNS2. The molecule has 84 valence electrons. The van der Waals surface area contributed by atoms with E-state index in [9.17, 15) is 4.39 Å². The standard InChI is InChI=1S/C12H12FNS2/c13-11-4-3-9(10(6-11)7-14)8-16-12-2-1-5-15-12/h1-6H,7-8,14H2. The summed E-state index contributed by atoms with van der Waals surface area (Å²) in [6.07, 6.45) is 0. The Balaban J connectivity index is 2.09. The van der Waals surface area contributed by atoms with E-state index in [1.54, 1.807) is 23.1 Å². The van der Waals surface area contributed by atoms with Gasteiger partial charge in [0.05, 0.1) is 4.21 Å². The number of hydrogen-bond donors (Lipinski definition) is 1. The molecule has 4 heteroatoms. The molecule has 0 amide bonds. The summed E-state index contributed by atoms with van der Waals surface area (Å²) in [6.45, 7) is 0.387. The summed E-state index contributed by atoms with van der Waals surface area (Å²) >= 11 is 3.47. The SMILES string of the molecule is NCc1cc(F)ccc1CSc1cccs1. The van der Waals surface area contributed by atoms with Crippen LogP contribution >= 0.6 is 23.1 Å². The van der Waals surface area contributed by atoms with E-state index in [1.165, 1.54) is 16.3 Å². The Kier molecular flexibility index (Phi) is 3.98. The number of thioether (sulfide) groups is 1. The molecule has 0 aliphatic rings. The Morgan fingerprint density at radius 1 is 1.25 bits per heavy atom. The number of hydrogen-bond acceptors (Lipinski definition) is 3. The lowest BCUT2D eigenvalue weighted by Gasteiger charge is -2.06. The normalized spacial score (nSPS) is 10.6. The number of halogens is 1. The van der Waals surface area contributed by atoms with Crippen molar-refractivity contribution in [1.82, 2.24) is 0 Å². The van der Waals surface area contributed by atoms with Crippen molar-refractivity contribution in [3.05, 3.63) is 52.7 Å². The molecule has 0 fully saturated rings. The lowest BCUT2D eigenvalue weighted by atomic mass is 10.1. The van der Waals surface area contributed by atoms with Gasteiger partial charge in [0.15, 0.2) is 0 Å². The first-order valence-electron chi connectivity index (χ1n) is 4.93. The van der Waals surface area contributed by atoms with Gasteiger partial charge in [0.1, 0.15) is 5.82 Å². The van der Waals surface area contributed by atoms with Crippen LogP contribution in [0.1, 0.15) is 11.1 Å². The maximum atomic E-state index is 13.0. The fourth-order valence-corrected chi connectivity index (χ4v) is 3.24. The van der Waals surface area contributed by atoms with Crippen molar-refractivity contribution in [2.75, 3.05) is 0 Å². The van der Waals surface area contributed by atoms with E-state index in [1.807, 2.05) is 12.1 Å². The molecule has 0 unspecified atom stereocenters. The zero-order valence-electron chi connectivity index (χ0n) is 8.65. The summed E-state index contributed by atoms with van der Waals surface area (Å²) in [5.74, 6) is 0.623. The first-order valence-corrected chi connectivity index (χ1v) is 6.80. The van der Waals surface area contributed by atoms with E-state index in [-0.39, 0.29) is 5.82 Å². The lowest BCUT2D eigenvalue weighted by Crippen LogP contribution is -2.01. The van der Waals surface area contributed by atoms with Crippen LogP contribution in [0, 0.1) is 5.82 Å². The minimum Gasteiger partial charge on any atom is -0.326 e. The fourth-order valence-electron chi connectivity index (χ4n) is 1.42. The van der Waals surface area contributed by atoms with Gasteiger partial charge in [-0.1, -0.05) is 12.1 Å². The topological polar surface area (TPSA) is 26.0 Å². The van der Waals surface area contributed by atoms with E-state index < -0.39 is 0 Å². The van der Waals surface area contributed by atoms with Crippen LogP contribution in [0.2, 0.25) is 0 Å². The van der Waals surface area contributed by atoms with E-state index in [0.717, 1.165) is 16.9 Å².